The summed E-state index contributed by atoms with van der Waals surface area (Å²) in [6, 6.07) is 5.19. The zero-order chi connectivity index (χ0) is 10.6. The lowest BCUT2D eigenvalue weighted by Crippen LogP contribution is -1.99. The van der Waals surface area contributed by atoms with Gasteiger partial charge in [0.1, 0.15) is 5.82 Å². The van der Waals surface area contributed by atoms with E-state index >= 15 is 0 Å². The molecule has 0 saturated heterocycles. The highest BCUT2D eigenvalue weighted by atomic mass is 19.1. The quantitative estimate of drug-likeness (QED) is 0.724. The van der Waals surface area contributed by atoms with Gasteiger partial charge in [-0.2, -0.15) is 0 Å². The van der Waals surface area contributed by atoms with Gasteiger partial charge < -0.3 is 5.32 Å². The summed E-state index contributed by atoms with van der Waals surface area (Å²) < 4.78 is 13.1. The first-order valence-corrected chi connectivity index (χ1v) is 4.73. The molecular weight excluding hydrogens is 177 g/mol. The third kappa shape index (κ3) is 3.21. The van der Waals surface area contributed by atoms with Crippen molar-refractivity contribution in [3.63, 3.8) is 0 Å². The molecule has 0 aliphatic carbocycles. The summed E-state index contributed by atoms with van der Waals surface area (Å²) >= 11 is 0. The molecule has 2 heteroatoms. The van der Waals surface area contributed by atoms with Crippen molar-refractivity contribution in [3.8, 4) is 0 Å². The zero-order valence-electron chi connectivity index (χ0n) is 8.89. The number of allylic oxidation sites excluding steroid dienone is 1. The van der Waals surface area contributed by atoms with Crippen LogP contribution in [-0.2, 0) is 0 Å². The van der Waals surface area contributed by atoms with Crippen molar-refractivity contribution in [1.29, 1.82) is 0 Å². The van der Waals surface area contributed by atoms with E-state index in [1.54, 1.807) is 13.0 Å². The number of aryl methyl sites for hydroxylation is 1. The second kappa shape index (κ2) is 4.80. The lowest BCUT2D eigenvalue weighted by Gasteiger charge is -2.04. The molecule has 1 aromatic carbocycles. The first-order chi connectivity index (χ1) is 6.59. The van der Waals surface area contributed by atoms with Gasteiger partial charge in [-0.1, -0.05) is 17.7 Å². The van der Waals surface area contributed by atoms with E-state index in [2.05, 4.69) is 11.4 Å². The largest absolute Gasteiger partial charge is 0.381 e. The van der Waals surface area contributed by atoms with E-state index < -0.39 is 0 Å². The Kier molecular flexibility index (Phi) is 3.69. The third-order valence-electron chi connectivity index (χ3n) is 1.99. The Morgan fingerprint density at radius 3 is 2.71 bits per heavy atom. The number of nitrogens with one attached hydrogen (secondary N) is 1. The molecule has 0 heterocycles. The van der Waals surface area contributed by atoms with E-state index in [1.807, 2.05) is 19.9 Å². The maximum absolute atomic E-state index is 13.1. The third-order valence-corrected chi connectivity index (χ3v) is 1.99. The monoisotopic (exact) mass is 193 g/mol. The van der Waals surface area contributed by atoms with Crippen LogP contribution < -0.4 is 5.32 Å². The maximum atomic E-state index is 13.1. The van der Waals surface area contributed by atoms with Crippen LogP contribution in [0.1, 0.15) is 19.4 Å². The standard InChI is InChI=1S/C12H16FN/c1-9(2)6-7-14-11-5-4-10(3)12(13)8-11/h4-6,8,14H,7H2,1-3H3. The Bertz CT molecular complexity index is 338. The van der Waals surface area contributed by atoms with Crippen LogP contribution in [0.4, 0.5) is 10.1 Å². The summed E-state index contributed by atoms with van der Waals surface area (Å²) in [4.78, 5) is 0. The number of rotatable bonds is 3. The fourth-order valence-electron chi connectivity index (χ4n) is 1.08. The average Bonchev–Trinajstić information content (AvgIpc) is 2.10. The first-order valence-electron chi connectivity index (χ1n) is 4.73. The Labute approximate surface area is 84.6 Å². The molecule has 0 saturated carbocycles. The van der Waals surface area contributed by atoms with Gasteiger partial charge in [-0.05, 0) is 38.5 Å². The number of benzene rings is 1. The normalized spacial score (nSPS) is 9.71. The highest BCUT2D eigenvalue weighted by Gasteiger charge is 1.97. The molecule has 1 nitrogen and oxygen atoms in total. The van der Waals surface area contributed by atoms with E-state index in [0.29, 0.717) is 5.56 Å². The van der Waals surface area contributed by atoms with E-state index in [9.17, 15) is 4.39 Å². The van der Waals surface area contributed by atoms with Gasteiger partial charge in [0, 0.05) is 12.2 Å². The zero-order valence-corrected chi connectivity index (χ0v) is 8.89. The predicted octanol–water partition coefficient (Wildman–Crippen LogP) is 3.51. The second-order valence-electron chi connectivity index (χ2n) is 3.63. The van der Waals surface area contributed by atoms with Crippen molar-refractivity contribution in [1.82, 2.24) is 0 Å². The predicted molar refractivity (Wildman–Crippen MR) is 59.1 cm³/mol. The molecule has 14 heavy (non-hydrogen) atoms. The Balaban J connectivity index is 2.60. The highest BCUT2D eigenvalue weighted by molar-refractivity contribution is 5.45. The molecule has 0 unspecified atom stereocenters. The van der Waals surface area contributed by atoms with Gasteiger partial charge in [0.05, 0.1) is 0 Å². The molecular formula is C12H16FN. The SMILES string of the molecule is CC(C)=CCNc1ccc(C)c(F)c1. The van der Waals surface area contributed by atoms with Gasteiger partial charge in [0.25, 0.3) is 0 Å². The van der Waals surface area contributed by atoms with Crippen LogP contribution in [0.2, 0.25) is 0 Å². The molecule has 0 fully saturated rings. The average molecular weight is 193 g/mol. The van der Waals surface area contributed by atoms with E-state index in [1.165, 1.54) is 11.6 Å². The Morgan fingerprint density at radius 1 is 1.43 bits per heavy atom. The summed E-state index contributed by atoms with van der Waals surface area (Å²) in [6.45, 7) is 6.58. The van der Waals surface area contributed by atoms with E-state index in [0.717, 1.165) is 12.2 Å². The molecule has 0 spiro atoms. The summed E-state index contributed by atoms with van der Waals surface area (Å²) in [5.41, 5.74) is 2.76. The molecule has 76 valence electrons. The number of anilines is 1. The van der Waals surface area contributed by atoms with Crippen molar-refractivity contribution in [2.75, 3.05) is 11.9 Å². The molecule has 1 aromatic rings. The number of halogens is 1. The molecule has 1 N–H and O–H groups in total. The molecule has 0 atom stereocenters. The van der Waals surface area contributed by atoms with Gasteiger partial charge in [-0.15, -0.1) is 0 Å². The molecule has 1 rings (SSSR count). The molecule has 0 aliphatic heterocycles. The topological polar surface area (TPSA) is 12.0 Å². The van der Waals surface area contributed by atoms with Gasteiger partial charge in [-0.3, -0.25) is 0 Å². The fraction of sp³-hybridized carbons (Fsp3) is 0.333. The van der Waals surface area contributed by atoms with Crippen LogP contribution >= 0.6 is 0 Å². The Morgan fingerprint density at radius 2 is 2.14 bits per heavy atom. The van der Waals surface area contributed by atoms with E-state index in [4.69, 9.17) is 0 Å². The minimum atomic E-state index is -0.160. The van der Waals surface area contributed by atoms with Crippen LogP contribution in [0.25, 0.3) is 0 Å². The minimum absolute atomic E-state index is 0.160. The van der Waals surface area contributed by atoms with Crippen LogP contribution in [-0.4, -0.2) is 6.54 Å². The summed E-state index contributed by atoms with van der Waals surface area (Å²) in [6.07, 6.45) is 2.07. The van der Waals surface area contributed by atoms with Crippen molar-refractivity contribution in [2.45, 2.75) is 20.8 Å². The summed E-state index contributed by atoms with van der Waals surface area (Å²) in [5.74, 6) is -0.160. The maximum Gasteiger partial charge on any atom is 0.128 e. The second-order valence-corrected chi connectivity index (χ2v) is 3.63. The molecule has 0 amide bonds. The van der Waals surface area contributed by atoms with Crippen molar-refractivity contribution < 1.29 is 4.39 Å². The summed E-state index contributed by atoms with van der Waals surface area (Å²) in [7, 11) is 0. The first kappa shape index (κ1) is 10.8. The molecule has 0 radical (unpaired) electrons. The van der Waals surface area contributed by atoms with Gasteiger partial charge in [0.2, 0.25) is 0 Å². The van der Waals surface area contributed by atoms with Crippen LogP contribution in [0.15, 0.2) is 29.8 Å². The highest BCUT2D eigenvalue weighted by Crippen LogP contribution is 2.13. The number of hydrogen-bond donors (Lipinski definition) is 1. The van der Waals surface area contributed by atoms with Crippen molar-refractivity contribution in [2.24, 2.45) is 0 Å². The van der Waals surface area contributed by atoms with Gasteiger partial charge in [-0.25, -0.2) is 4.39 Å². The van der Waals surface area contributed by atoms with Crippen LogP contribution in [0, 0.1) is 12.7 Å². The fourth-order valence-corrected chi connectivity index (χ4v) is 1.08. The van der Waals surface area contributed by atoms with Crippen LogP contribution in [0.5, 0.6) is 0 Å². The Hall–Kier alpha value is -1.31. The molecule has 0 aliphatic rings. The summed E-state index contributed by atoms with van der Waals surface area (Å²) in [5, 5.41) is 3.13. The molecule has 0 aromatic heterocycles. The minimum Gasteiger partial charge on any atom is -0.381 e. The number of hydrogen-bond acceptors (Lipinski definition) is 1. The van der Waals surface area contributed by atoms with Gasteiger partial charge in [0.15, 0.2) is 0 Å². The van der Waals surface area contributed by atoms with E-state index in [-0.39, 0.29) is 5.82 Å². The van der Waals surface area contributed by atoms with Gasteiger partial charge >= 0.3 is 0 Å². The van der Waals surface area contributed by atoms with Crippen molar-refractivity contribution >= 4 is 5.69 Å². The smallest absolute Gasteiger partial charge is 0.128 e. The van der Waals surface area contributed by atoms with Crippen molar-refractivity contribution in [3.05, 3.63) is 41.2 Å². The van der Waals surface area contributed by atoms with Crippen LogP contribution in [0.3, 0.4) is 0 Å². The molecule has 0 bridgehead atoms. The lowest BCUT2D eigenvalue weighted by atomic mass is 10.2. The lowest BCUT2D eigenvalue weighted by molar-refractivity contribution is 0.619.